The van der Waals surface area contributed by atoms with Crippen molar-refractivity contribution in [3.05, 3.63) is 74.5 Å². The molecule has 0 N–H and O–H groups in total. The van der Waals surface area contributed by atoms with Gasteiger partial charge in [-0.15, -0.1) is 0 Å². The summed E-state index contributed by atoms with van der Waals surface area (Å²) in [6.45, 7) is 0. The van der Waals surface area contributed by atoms with E-state index in [0.717, 1.165) is 18.2 Å². The zero-order valence-corrected chi connectivity index (χ0v) is 12.2. The van der Waals surface area contributed by atoms with Crippen LogP contribution >= 0.6 is 15.9 Å². The molecule has 0 bridgehead atoms. The van der Waals surface area contributed by atoms with E-state index < -0.39 is 17.5 Å². The molecule has 1 aliphatic rings. The number of carbonyl (C=O) groups excluding carboxylic acids is 1. The first-order valence-electron chi connectivity index (χ1n) is 6.13. The van der Waals surface area contributed by atoms with Crippen molar-refractivity contribution >= 4 is 27.8 Å². The third-order valence-corrected chi connectivity index (χ3v) is 3.75. The number of Topliss-reactive ketones (excluding diaryl/α,β-unsaturated/α-hetero) is 1. The van der Waals surface area contributed by atoms with Crippen LogP contribution < -0.4 is 0 Å². The van der Waals surface area contributed by atoms with Gasteiger partial charge in [-0.3, -0.25) is 4.79 Å². The van der Waals surface area contributed by atoms with Gasteiger partial charge in [-0.1, -0.05) is 15.9 Å². The minimum Gasteiger partial charge on any atom is -0.289 e. The molecule has 106 valence electrons. The molecule has 5 heteroatoms. The van der Waals surface area contributed by atoms with E-state index in [0.29, 0.717) is 15.6 Å². The number of hydrogen-bond donors (Lipinski definition) is 0. The Balaban J connectivity index is 2.05. The lowest BCUT2D eigenvalue weighted by molar-refractivity contribution is 0.104. The molecule has 0 aromatic heterocycles. The van der Waals surface area contributed by atoms with Gasteiger partial charge >= 0.3 is 0 Å². The lowest BCUT2D eigenvalue weighted by Gasteiger charge is -1.99. The fourth-order valence-electron chi connectivity index (χ4n) is 2.41. The lowest BCUT2D eigenvalue weighted by atomic mass is 10.1. The summed E-state index contributed by atoms with van der Waals surface area (Å²) in [7, 11) is 0. The predicted octanol–water partition coefficient (Wildman–Crippen LogP) is 4.69. The molecule has 0 aliphatic heterocycles. The van der Waals surface area contributed by atoms with Crippen molar-refractivity contribution in [3.63, 3.8) is 0 Å². The molecular weight excluding hydrogens is 345 g/mol. The fourth-order valence-corrected chi connectivity index (χ4v) is 2.84. The molecule has 2 aromatic rings. The van der Waals surface area contributed by atoms with Gasteiger partial charge in [0.05, 0.1) is 0 Å². The second kappa shape index (κ2) is 5.15. The normalized spacial score (nSPS) is 15.6. The van der Waals surface area contributed by atoms with Crippen LogP contribution in [0.25, 0.3) is 6.08 Å². The number of carbonyl (C=O) groups is 1. The number of fused-ring (bicyclic) bond motifs is 1. The average molecular weight is 353 g/mol. The number of benzene rings is 2. The molecule has 0 radical (unpaired) electrons. The van der Waals surface area contributed by atoms with Crippen LogP contribution in [0.4, 0.5) is 13.2 Å². The molecule has 1 aliphatic carbocycles. The summed E-state index contributed by atoms with van der Waals surface area (Å²) in [6.07, 6.45) is 1.51. The van der Waals surface area contributed by atoms with Gasteiger partial charge in [0.15, 0.2) is 5.78 Å². The molecule has 0 atom stereocenters. The molecule has 0 spiro atoms. The Bertz CT molecular complexity index is 776. The molecule has 0 heterocycles. The van der Waals surface area contributed by atoms with Crippen molar-refractivity contribution in [2.75, 3.05) is 0 Å². The first-order chi connectivity index (χ1) is 9.94. The summed E-state index contributed by atoms with van der Waals surface area (Å²) in [4.78, 5) is 12.2. The molecule has 3 rings (SSSR count). The topological polar surface area (TPSA) is 17.1 Å². The van der Waals surface area contributed by atoms with Crippen LogP contribution in [0.15, 0.2) is 40.4 Å². The van der Waals surface area contributed by atoms with E-state index in [2.05, 4.69) is 15.9 Å². The van der Waals surface area contributed by atoms with E-state index in [1.807, 2.05) is 0 Å². The molecule has 0 unspecified atom stereocenters. The maximum absolute atomic E-state index is 13.8. The van der Waals surface area contributed by atoms with Crippen molar-refractivity contribution in [1.82, 2.24) is 0 Å². The predicted molar refractivity (Wildman–Crippen MR) is 76.5 cm³/mol. The maximum atomic E-state index is 13.8. The van der Waals surface area contributed by atoms with Crippen LogP contribution in [-0.4, -0.2) is 5.78 Å². The molecule has 0 saturated carbocycles. The van der Waals surface area contributed by atoms with Crippen LogP contribution in [0.3, 0.4) is 0 Å². The van der Waals surface area contributed by atoms with Crippen LogP contribution in [0.2, 0.25) is 0 Å². The van der Waals surface area contributed by atoms with Gasteiger partial charge in [0.2, 0.25) is 0 Å². The first-order valence-corrected chi connectivity index (χ1v) is 6.92. The van der Waals surface area contributed by atoms with Gasteiger partial charge in [-0.2, -0.15) is 0 Å². The third-order valence-electron chi connectivity index (χ3n) is 3.29. The van der Waals surface area contributed by atoms with Crippen LogP contribution in [0, 0.1) is 17.5 Å². The van der Waals surface area contributed by atoms with E-state index in [1.165, 1.54) is 12.1 Å². The monoisotopic (exact) mass is 352 g/mol. The SMILES string of the molecule is O=C1/C(=C/c2cc(F)cc(F)c2)Cc2c(F)cc(Br)cc21. The van der Waals surface area contributed by atoms with Gasteiger partial charge in [0, 0.05) is 33.7 Å². The molecule has 1 nitrogen and oxygen atoms in total. The van der Waals surface area contributed by atoms with Crippen molar-refractivity contribution in [2.24, 2.45) is 0 Å². The van der Waals surface area contributed by atoms with Crippen molar-refractivity contribution in [1.29, 1.82) is 0 Å². The highest BCUT2D eigenvalue weighted by molar-refractivity contribution is 9.10. The molecule has 21 heavy (non-hydrogen) atoms. The van der Waals surface area contributed by atoms with Crippen molar-refractivity contribution in [2.45, 2.75) is 6.42 Å². The van der Waals surface area contributed by atoms with E-state index in [1.54, 1.807) is 6.07 Å². The van der Waals surface area contributed by atoms with Gasteiger partial charge in [-0.25, -0.2) is 13.2 Å². The first kappa shape index (κ1) is 14.1. The minimum atomic E-state index is -0.723. The summed E-state index contributed by atoms with van der Waals surface area (Å²) < 4.78 is 40.6. The van der Waals surface area contributed by atoms with Gasteiger partial charge in [0.25, 0.3) is 0 Å². The Morgan fingerprint density at radius 1 is 1.00 bits per heavy atom. The lowest BCUT2D eigenvalue weighted by Crippen LogP contribution is -1.96. The summed E-state index contributed by atoms with van der Waals surface area (Å²) in [6, 6.07) is 5.84. The van der Waals surface area contributed by atoms with Crippen molar-refractivity contribution in [3.8, 4) is 0 Å². The number of allylic oxidation sites excluding steroid dienone is 1. The third kappa shape index (κ3) is 2.65. The highest BCUT2D eigenvalue weighted by Crippen LogP contribution is 2.32. The maximum Gasteiger partial charge on any atom is 0.189 e. The van der Waals surface area contributed by atoms with Crippen LogP contribution in [0.1, 0.15) is 21.5 Å². The zero-order valence-electron chi connectivity index (χ0n) is 10.6. The summed E-state index contributed by atoms with van der Waals surface area (Å²) in [5.41, 5.74) is 1.14. The summed E-state index contributed by atoms with van der Waals surface area (Å²) >= 11 is 3.14. The van der Waals surface area contributed by atoms with E-state index in [-0.39, 0.29) is 23.3 Å². The van der Waals surface area contributed by atoms with Gasteiger partial charge < -0.3 is 0 Å². The largest absolute Gasteiger partial charge is 0.289 e. The van der Waals surface area contributed by atoms with Gasteiger partial charge in [-0.05, 0) is 35.9 Å². The van der Waals surface area contributed by atoms with E-state index >= 15 is 0 Å². The zero-order chi connectivity index (χ0) is 15.1. The molecule has 0 fully saturated rings. The fraction of sp³-hybridized carbons (Fsp3) is 0.0625. The molecular formula is C16H8BrF3O. The number of hydrogen-bond acceptors (Lipinski definition) is 1. The Morgan fingerprint density at radius 3 is 2.33 bits per heavy atom. The number of halogens is 4. The second-order valence-corrected chi connectivity index (χ2v) is 5.71. The quantitative estimate of drug-likeness (QED) is 0.680. The van der Waals surface area contributed by atoms with E-state index in [9.17, 15) is 18.0 Å². The smallest absolute Gasteiger partial charge is 0.189 e. The van der Waals surface area contributed by atoms with E-state index in [4.69, 9.17) is 0 Å². The molecule has 2 aromatic carbocycles. The standard InChI is InChI=1S/C16H8BrF3O/c17-10-5-14-13(15(20)6-10)4-9(16(14)21)1-8-2-11(18)7-12(19)3-8/h1-3,5-7H,4H2/b9-1+. The van der Waals surface area contributed by atoms with Crippen LogP contribution in [0.5, 0.6) is 0 Å². The second-order valence-electron chi connectivity index (χ2n) is 4.79. The number of ketones is 1. The Morgan fingerprint density at radius 2 is 1.67 bits per heavy atom. The van der Waals surface area contributed by atoms with Crippen LogP contribution in [-0.2, 0) is 6.42 Å². The highest BCUT2D eigenvalue weighted by Gasteiger charge is 2.28. The van der Waals surface area contributed by atoms with Crippen molar-refractivity contribution < 1.29 is 18.0 Å². The number of rotatable bonds is 1. The summed E-state index contributed by atoms with van der Waals surface area (Å²) in [5.74, 6) is -2.24. The Kier molecular flexibility index (Phi) is 3.45. The summed E-state index contributed by atoms with van der Waals surface area (Å²) in [5, 5.41) is 0. The highest BCUT2D eigenvalue weighted by atomic mass is 79.9. The molecule has 0 saturated heterocycles. The minimum absolute atomic E-state index is 0.116. The van der Waals surface area contributed by atoms with Gasteiger partial charge in [0.1, 0.15) is 17.5 Å². The Hall–Kier alpha value is -1.88. The Labute approximate surface area is 127 Å². The molecule has 0 amide bonds. The average Bonchev–Trinajstić information content (AvgIpc) is 2.66.